The van der Waals surface area contributed by atoms with Gasteiger partial charge in [0, 0.05) is 26.4 Å². The minimum absolute atomic E-state index is 0.0416. The first-order chi connectivity index (χ1) is 10.6. The number of aromatic nitrogens is 1. The SMILES string of the molecule is CC(=O)NN1CCCNCC1Cc1nc2ccc(C)cc2o1. The molecule has 118 valence electrons. The van der Waals surface area contributed by atoms with E-state index in [-0.39, 0.29) is 11.9 Å². The standard InChI is InChI=1S/C16H22N4O2/c1-11-4-5-14-15(8-11)22-16(18-14)9-13-10-17-6-3-7-20(13)19-12(2)21/h4-5,8,13,17H,3,6-7,9-10H2,1-2H3,(H,19,21). The molecule has 1 atom stereocenters. The molecule has 1 unspecified atom stereocenters. The number of hydrazine groups is 1. The number of nitrogens with zero attached hydrogens (tertiary/aromatic N) is 2. The summed E-state index contributed by atoms with van der Waals surface area (Å²) in [4.78, 5) is 15.9. The fourth-order valence-corrected chi connectivity index (χ4v) is 2.84. The molecule has 1 fully saturated rings. The molecule has 1 aromatic carbocycles. The van der Waals surface area contributed by atoms with Crippen LogP contribution in [0.15, 0.2) is 22.6 Å². The highest BCUT2D eigenvalue weighted by Gasteiger charge is 2.24. The molecule has 1 aromatic heterocycles. The molecule has 0 bridgehead atoms. The Labute approximate surface area is 129 Å². The van der Waals surface area contributed by atoms with Crippen LogP contribution in [-0.4, -0.2) is 41.6 Å². The molecule has 2 N–H and O–H groups in total. The van der Waals surface area contributed by atoms with E-state index < -0.39 is 0 Å². The molecule has 1 amide bonds. The zero-order chi connectivity index (χ0) is 15.5. The normalized spacial score (nSPS) is 20.0. The van der Waals surface area contributed by atoms with Crippen LogP contribution in [0.3, 0.4) is 0 Å². The topological polar surface area (TPSA) is 70.4 Å². The van der Waals surface area contributed by atoms with Gasteiger partial charge in [-0.15, -0.1) is 0 Å². The lowest BCUT2D eigenvalue weighted by Crippen LogP contribution is -2.50. The molecular formula is C16H22N4O2. The zero-order valence-corrected chi connectivity index (χ0v) is 13.1. The number of hydrogen-bond donors (Lipinski definition) is 2. The second kappa shape index (κ2) is 6.46. The van der Waals surface area contributed by atoms with Crippen LogP contribution in [0.4, 0.5) is 0 Å². The van der Waals surface area contributed by atoms with Crippen molar-refractivity contribution >= 4 is 17.0 Å². The van der Waals surface area contributed by atoms with E-state index in [2.05, 4.69) is 15.7 Å². The molecule has 3 rings (SSSR count). The van der Waals surface area contributed by atoms with E-state index >= 15 is 0 Å². The summed E-state index contributed by atoms with van der Waals surface area (Å²) in [6, 6.07) is 6.16. The third-order valence-corrected chi connectivity index (χ3v) is 3.87. The second-order valence-electron chi connectivity index (χ2n) is 5.86. The Morgan fingerprint density at radius 3 is 3.23 bits per heavy atom. The maximum atomic E-state index is 11.4. The number of carbonyl (C=O) groups excluding carboxylic acids is 1. The Hall–Kier alpha value is -1.92. The van der Waals surface area contributed by atoms with E-state index in [4.69, 9.17) is 4.42 Å². The molecule has 22 heavy (non-hydrogen) atoms. The second-order valence-corrected chi connectivity index (χ2v) is 5.86. The highest BCUT2D eigenvalue weighted by molar-refractivity contribution is 5.73. The maximum Gasteiger partial charge on any atom is 0.231 e. The molecule has 2 heterocycles. The number of hydrogen-bond acceptors (Lipinski definition) is 5. The monoisotopic (exact) mass is 302 g/mol. The van der Waals surface area contributed by atoms with Crippen LogP contribution in [0, 0.1) is 6.92 Å². The number of amides is 1. The van der Waals surface area contributed by atoms with E-state index in [1.807, 2.05) is 30.1 Å². The fraction of sp³-hybridized carbons (Fsp3) is 0.500. The Morgan fingerprint density at radius 2 is 2.41 bits per heavy atom. The number of nitrogens with one attached hydrogen (secondary N) is 2. The third-order valence-electron chi connectivity index (χ3n) is 3.87. The lowest BCUT2D eigenvalue weighted by molar-refractivity contribution is -0.124. The molecule has 2 aromatic rings. The third kappa shape index (κ3) is 3.45. The van der Waals surface area contributed by atoms with E-state index in [1.165, 1.54) is 6.92 Å². The molecule has 1 aliphatic heterocycles. The summed E-state index contributed by atoms with van der Waals surface area (Å²) in [5.41, 5.74) is 5.78. The van der Waals surface area contributed by atoms with Crippen molar-refractivity contribution in [3.05, 3.63) is 29.7 Å². The Morgan fingerprint density at radius 1 is 1.55 bits per heavy atom. The first-order valence-electron chi connectivity index (χ1n) is 7.72. The average molecular weight is 302 g/mol. The molecule has 1 saturated heterocycles. The van der Waals surface area contributed by atoms with Crippen LogP contribution < -0.4 is 10.7 Å². The van der Waals surface area contributed by atoms with E-state index in [1.54, 1.807) is 0 Å². The van der Waals surface area contributed by atoms with Crippen LogP contribution in [0.25, 0.3) is 11.1 Å². The molecule has 6 heteroatoms. The summed E-state index contributed by atoms with van der Waals surface area (Å²) < 4.78 is 5.87. The van der Waals surface area contributed by atoms with Crippen LogP contribution in [0.5, 0.6) is 0 Å². The van der Waals surface area contributed by atoms with Gasteiger partial charge in [-0.25, -0.2) is 9.99 Å². The molecule has 6 nitrogen and oxygen atoms in total. The summed E-state index contributed by atoms with van der Waals surface area (Å²) in [6.07, 6.45) is 1.67. The van der Waals surface area contributed by atoms with Crippen molar-refractivity contribution in [2.45, 2.75) is 32.7 Å². The van der Waals surface area contributed by atoms with Gasteiger partial charge in [-0.3, -0.25) is 10.2 Å². The average Bonchev–Trinajstić information content (AvgIpc) is 2.73. The van der Waals surface area contributed by atoms with Crippen LogP contribution in [0.2, 0.25) is 0 Å². The quantitative estimate of drug-likeness (QED) is 0.897. The molecular weight excluding hydrogens is 280 g/mol. The predicted octanol–water partition coefficient (Wildman–Crippen LogP) is 1.39. The highest BCUT2D eigenvalue weighted by Crippen LogP contribution is 2.19. The van der Waals surface area contributed by atoms with Gasteiger partial charge >= 0.3 is 0 Å². The Balaban J connectivity index is 1.79. The van der Waals surface area contributed by atoms with Crippen molar-refractivity contribution in [1.29, 1.82) is 0 Å². The van der Waals surface area contributed by atoms with Gasteiger partial charge in [0.2, 0.25) is 5.91 Å². The number of benzene rings is 1. The van der Waals surface area contributed by atoms with Gasteiger partial charge in [-0.2, -0.15) is 0 Å². The Kier molecular flexibility index (Phi) is 4.40. The summed E-state index contributed by atoms with van der Waals surface area (Å²) in [7, 11) is 0. The van der Waals surface area contributed by atoms with Gasteiger partial charge < -0.3 is 9.73 Å². The lowest BCUT2D eigenvalue weighted by Gasteiger charge is -2.28. The van der Waals surface area contributed by atoms with Crippen molar-refractivity contribution in [3.8, 4) is 0 Å². The minimum atomic E-state index is -0.0416. The number of fused-ring (bicyclic) bond motifs is 1. The van der Waals surface area contributed by atoms with Gasteiger partial charge in [0.05, 0.1) is 6.04 Å². The number of carbonyl (C=O) groups is 1. The van der Waals surface area contributed by atoms with Crippen molar-refractivity contribution in [3.63, 3.8) is 0 Å². The highest BCUT2D eigenvalue weighted by atomic mass is 16.3. The fourth-order valence-electron chi connectivity index (χ4n) is 2.84. The van der Waals surface area contributed by atoms with E-state index in [0.717, 1.165) is 42.7 Å². The Bertz CT molecular complexity index is 667. The maximum absolute atomic E-state index is 11.4. The largest absolute Gasteiger partial charge is 0.441 e. The number of rotatable bonds is 3. The smallest absolute Gasteiger partial charge is 0.231 e. The van der Waals surface area contributed by atoms with Crippen molar-refractivity contribution in [2.75, 3.05) is 19.6 Å². The van der Waals surface area contributed by atoms with E-state index in [0.29, 0.717) is 12.3 Å². The van der Waals surface area contributed by atoms with Crippen LogP contribution in [-0.2, 0) is 11.2 Å². The number of aryl methyl sites for hydroxylation is 1. The first-order valence-corrected chi connectivity index (χ1v) is 7.72. The predicted molar refractivity (Wildman–Crippen MR) is 84.2 cm³/mol. The first kappa shape index (κ1) is 15.0. The zero-order valence-electron chi connectivity index (χ0n) is 13.1. The van der Waals surface area contributed by atoms with Gasteiger partial charge in [-0.05, 0) is 37.6 Å². The van der Waals surface area contributed by atoms with Gasteiger partial charge in [-0.1, -0.05) is 6.07 Å². The van der Waals surface area contributed by atoms with Crippen molar-refractivity contribution < 1.29 is 9.21 Å². The molecule has 0 radical (unpaired) electrons. The van der Waals surface area contributed by atoms with E-state index in [9.17, 15) is 4.79 Å². The lowest BCUT2D eigenvalue weighted by atomic mass is 10.2. The summed E-state index contributed by atoms with van der Waals surface area (Å²) in [5, 5.41) is 5.40. The van der Waals surface area contributed by atoms with Crippen molar-refractivity contribution in [2.24, 2.45) is 0 Å². The molecule has 1 aliphatic rings. The molecule has 0 spiro atoms. The molecule has 0 aliphatic carbocycles. The van der Waals surface area contributed by atoms with Crippen LogP contribution >= 0.6 is 0 Å². The summed E-state index contributed by atoms with van der Waals surface area (Å²) >= 11 is 0. The van der Waals surface area contributed by atoms with Crippen LogP contribution in [0.1, 0.15) is 24.8 Å². The number of oxazole rings is 1. The molecule has 0 saturated carbocycles. The van der Waals surface area contributed by atoms with Crippen molar-refractivity contribution in [1.82, 2.24) is 20.7 Å². The van der Waals surface area contributed by atoms with Gasteiger partial charge in [0.15, 0.2) is 11.5 Å². The van der Waals surface area contributed by atoms with Gasteiger partial charge in [0.1, 0.15) is 5.52 Å². The van der Waals surface area contributed by atoms with Gasteiger partial charge in [0.25, 0.3) is 0 Å². The summed E-state index contributed by atoms with van der Waals surface area (Å²) in [6.45, 7) is 6.17. The minimum Gasteiger partial charge on any atom is -0.441 e. The summed E-state index contributed by atoms with van der Waals surface area (Å²) in [5.74, 6) is 0.671.